The molecule has 0 atom stereocenters. The van der Waals surface area contributed by atoms with Crippen molar-refractivity contribution in [2.75, 3.05) is 45.7 Å². The van der Waals surface area contributed by atoms with Gasteiger partial charge in [0.1, 0.15) is 0 Å². The van der Waals surface area contributed by atoms with Gasteiger partial charge in [0.05, 0.1) is 17.2 Å². The zero-order chi connectivity index (χ0) is 15.1. The number of aromatic nitrogens is 1. The van der Waals surface area contributed by atoms with Crippen LogP contribution >= 0.6 is 11.3 Å². The van der Waals surface area contributed by atoms with Crippen LogP contribution in [0.1, 0.15) is 29.2 Å². The lowest BCUT2D eigenvalue weighted by atomic mass is 10.2. The Morgan fingerprint density at radius 3 is 2.55 bits per heavy atom. The molecule has 0 aliphatic rings. The van der Waals surface area contributed by atoms with Crippen molar-refractivity contribution in [3.8, 4) is 0 Å². The fourth-order valence-electron chi connectivity index (χ4n) is 1.84. The molecule has 0 saturated heterocycles. The standard InChI is InChI=1S/C14H25N3O2S/c1-11(2)8-17(7-6-16(3)4)14-15-12(10-19-5)13(9-18)20-14/h9,11H,6-8,10H2,1-5H3. The van der Waals surface area contributed by atoms with Crippen LogP contribution in [0.5, 0.6) is 0 Å². The third kappa shape index (κ3) is 5.19. The van der Waals surface area contributed by atoms with Crippen LogP contribution in [0.25, 0.3) is 0 Å². The van der Waals surface area contributed by atoms with Gasteiger partial charge in [0.2, 0.25) is 0 Å². The van der Waals surface area contributed by atoms with E-state index in [9.17, 15) is 4.79 Å². The molecule has 1 aromatic heterocycles. The molecule has 0 aliphatic heterocycles. The first kappa shape index (κ1) is 17.1. The third-order valence-corrected chi connectivity index (χ3v) is 3.86. The van der Waals surface area contributed by atoms with Crippen LogP contribution in [0, 0.1) is 5.92 Å². The van der Waals surface area contributed by atoms with Crippen LogP contribution in [0.15, 0.2) is 0 Å². The lowest BCUT2D eigenvalue weighted by Crippen LogP contribution is -2.34. The summed E-state index contributed by atoms with van der Waals surface area (Å²) >= 11 is 1.45. The summed E-state index contributed by atoms with van der Waals surface area (Å²) in [4.78, 5) is 20.8. The largest absolute Gasteiger partial charge is 0.378 e. The molecule has 1 aromatic rings. The lowest BCUT2D eigenvalue weighted by molar-refractivity contribution is 0.112. The highest BCUT2D eigenvalue weighted by molar-refractivity contribution is 7.17. The van der Waals surface area contributed by atoms with Crippen molar-refractivity contribution in [2.24, 2.45) is 5.92 Å². The number of ether oxygens (including phenoxy) is 1. The Labute approximate surface area is 125 Å². The molecule has 0 bridgehead atoms. The molecular weight excluding hydrogens is 274 g/mol. The third-order valence-electron chi connectivity index (χ3n) is 2.78. The van der Waals surface area contributed by atoms with E-state index < -0.39 is 0 Å². The highest BCUT2D eigenvalue weighted by Gasteiger charge is 2.17. The fourth-order valence-corrected chi connectivity index (χ4v) is 2.76. The first-order chi connectivity index (χ1) is 9.47. The van der Waals surface area contributed by atoms with Crippen molar-refractivity contribution in [3.63, 3.8) is 0 Å². The SMILES string of the molecule is COCc1nc(N(CCN(C)C)CC(C)C)sc1C=O. The van der Waals surface area contributed by atoms with E-state index in [4.69, 9.17) is 4.74 Å². The van der Waals surface area contributed by atoms with Crippen LogP contribution in [-0.4, -0.2) is 57.0 Å². The normalized spacial score (nSPS) is 11.3. The van der Waals surface area contributed by atoms with Gasteiger partial charge in [0.15, 0.2) is 11.4 Å². The second-order valence-corrected chi connectivity index (χ2v) is 6.51. The van der Waals surface area contributed by atoms with Crippen LogP contribution in [-0.2, 0) is 11.3 Å². The number of carbonyl (C=O) groups is 1. The van der Waals surface area contributed by atoms with Crippen LogP contribution in [0.3, 0.4) is 0 Å². The van der Waals surface area contributed by atoms with E-state index in [1.54, 1.807) is 7.11 Å². The van der Waals surface area contributed by atoms with Gasteiger partial charge in [-0.25, -0.2) is 4.98 Å². The van der Waals surface area contributed by atoms with Gasteiger partial charge in [-0.15, -0.1) is 0 Å². The maximum absolute atomic E-state index is 11.1. The van der Waals surface area contributed by atoms with E-state index in [-0.39, 0.29) is 0 Å². The number of thiazole rings is 1. The van der Waals surface area contributed by atoms with Crippen LogP contribution in [0.2, 0.25) is 0 Å². The predicted molar refractivity (Wildman–Crippen MR) is 83.8 cm³/mol. The molecule has 0 saturated carbocycles. The number of hydrogen-bond donors (Lipinski definition) is 0. The molecule has 0 amide bonds. The molecule has 0 aliphatic carbocycles. The van der Waals surface area contributed by atoms with Crippen molar-refractivity contribution < 1.29 is 9.53 Å². The number of carbonyl (C=O) groups excluding carboxylic acids is 1. The van der Waals surface area contributed by atoms with Crippen LogP contribution < -0.4 is 4.90 Å². The summed E-state index contributed by atoms with van der Waals surface area (Å²) in [5, 5.41) is 0.912. The van der Waals surface area contributed by atoms with Crippen molar-refractivity contribution in [3.05, 3.63) is 10.6 Å². The smallest absolute Gasteiger partial charge is 0.186 e. The van der Waals surface area contributed by atoms with E-state index in [0.717, 1.165) is 36.7 Å². The number of likely N-dealkylation sites (N-methyl/N-ethyl adjacent to an activating group) is 1. The van der Waals surface area contributed by atoms with Gasteiger partial charge < -0.3 is 14.5 Å². The van der Waals surface area contributed by atoms with Gasteiger partial charge >= 0.3 is 0 Å². The van der Waals surface area contributed by atoms with E-state index in [2.05, 4.69) is 42.7 Å². The fraction of sp³-hybridized carbons (Fsp3) is 0.714. The zero-order valence-corrected chi connectivity index (χ0v) is 13.9. The highest BCUT2D eigenvalue weighted by Crippen LogP contribution is 2.26. The summed E-state index contributed by atoms with van der Waals surface area (Å²) in [5.41, 5.74) is 0.737. The number of aldehydes is 1. The van der Waals surface area contributed by atoms with Gasteiger partial charge in [-0.3, -0.25) is 4.79 Å². The highest BCUT2D eigenvalue weighted by atomic mass is 32.1. The molecule has 0 fully saturated rings. The first-order valence-electron chi connectivity index (χ1n) is 6.81. The Kier molecular flexibility index (Phi) is 7.12. The van der Waals surface area contributed by atoms with Crippen molar-refractivity contribution in [1.82, 2.24) is 9.88 Å². The summed E-state index contributed by atoms with van der Waals surface area (Å²) in [6.07, 6.45) is 0.870. The van der Waals surface area contributed by atoms with Gasteiger partial charge in [-0.1, -0.05) is 25.2 Å². The van der Waals surface area contributed by atoms with Crippen LogP contribution in [0.4, 0.5) is 5.13 Å². The molecule has 5 nitrogen and oxygen atoms in total. The molecule has 6 heteroatoms. The van der Waals surface area contributed by atoms with Gasteiger partial charge in [0.25, 0.3) is 0 Å². The van der Waals surface area contributed by atoms with Gasteiger partial charge in [0, 0.05) is 26.7 Å². The second-order valence-electron chi connectivity index (χ2n) is 5.50. The molecule has 1 heterocycles. The Bertz CT molecular complexity index is 419. The number of rotatable bonds is 9. The molecule has 0 N–H and O–H groups in total. The average molecular weight is 299 g/mol. The Hall–Kier alpha value is -0.980. The Morgan fingerprint density at radius 2 is 2.05 bits per heavy atom. The summed E-state index contributed by atoms with van der Waals surface area (Å²) in [7, 11) is 5.73. The van der Waals surface area contributed by atoms with Gasteiger partial charge in [-0.2, -0.15) is 0 Å². The predicted octanol–water partition coefficient (Wildman–Crippen LogP) is 2.13. The Morgan fingerprint density at radius 1 is 1.35 bits per heavy atom. The lowest BCUT2D eigenvalue weighted by Gasteiger charge is -2.25. The zero-order valence-electron chi connectivity index (χ0n) is 13.0. The first-order valence-corrected chi connectivity index (χ1v) is 7.63. The summed E-state index contributed by atoms with van der Waals surface area (Å²) in [6, 6.07) is 0. The molecule has 114 valence electrons. The van der Waals surface area contributed by atoms with E-state index in [0.29, 0.717) is 17.4 Å². The molecule has 0 unspecified atom stereocenters. The van der Waals surface area contributed by atoms with E-state index in [1.165, 1.54) is 11.3 Å². The molecule has 0 radical (unpaired) electrons. The number of methoxy groups -OCH3 is 1. The maximum Gasteiger partial charge on any atom is 0.186 e. The monoisotopic (exact) mass is 299 g/mol. The average Bonchev–Trinajstić information content (AvgIpc) is 2.77. The number of nitrogens with zero attached hydrogens (tertiary/aromatic N) is 3. The maximum atomic E-state index is 11.1. The minimum Gasteiger partial charge on any atom is -0.378 e. The minimum atomic E-state index is 0.383. The van der Waals surface area contributed by atoms with E-state index >= 15 is 0 Å². The minimum absolute atomic E-state index is 0.383. The Balaban J connectivity index is 2.90. The molecule has 0 spiro atoms. The van der Waals surface area contributed by atoms with E-state index in [1.807, 2.05) is 0 Å². The van der Waals surface area contributed by atoms with Crippen molar-refractivity contribution in [1.29, 1.82) is 0 Å². The summed E-state index contributed by atoms with van der Waals surface area (Å²) in [5.74, 6) is 0.548. The molecular formula is C14H25N3O2S. The van der Waals surface area contributed by atoms with Gasteiger partial charge in [-0.05, 0) is 20.0 Å². The molecule has 20 heavy (non-hydrogen) atoms. The second kappa shape index (κ2) is 8.34. The molecule has 0 aromatic carbocycles. The molecule has 1 rings (SSSR count). The number of anilines is 1. The van der Waals surface area contributed by atoms with Crippen molar-refractivity contribution in [2.45, 2.75) is 20.5 Å². The van der Waals surface area contributed by atoms with Crippen molar-refractivity contribution >= 4 is 22.8 Å². The quantitative estimate of drug-likeness (QED) is 0.654. The topological polar surface area (TPSA) is 45.7 Å². The summed E-state index contributed by atoms with van der Waals surface area (Å²) < 4.78 is 5.10. The summed E-state index contributed by atoms with van der Waals surface area (Å²) in [6.45, 7) is 7.56. The number of hydrogen-bond acceptors (Lipinski definition) is 6.